The molecule has 0 heterocycles. The van der Waals surface area contributed by atoms with Crippen LogP contribution in [0.3, 0.4) is 0 Å². The fourth-order valence-corrected chi connectivity index (χ4v) is 3.73. The van der Waals surface area contributed by atoms with Gasteiger partial charge in [-0.25, -0.2) is 0 Å². The number of hydrogen-bond acceptors (Lipinski definition) is 2. The SMILES string of the molecule is NCCSc1ccccc1C(c1ccccc1)c1ccccc1. The molecular formula is C21H21NS. The van der Waals surface area contributed by atoms with Gasteiger partial charge in [-0.05, 0) is 22.8 Å². The third-order valence-electron chi connectivity index (χ3n) is 3.87. The molecule has 3 aromatic rings. The summed E-state index contributed by atoms with van der Waals surface area (Å²) in [5.41, 5.74) is 9.69. The Bertz CT molecular complexity index is 686. The molecule has 0 aromatic heterocycles. The van der Waals surface area contributed by atoms with Crippen molar-refractivity contribution in [3.05, 3.63) is 102 Å². The van der Waals surface area contributed by atoms with Gasteiger partial charge in [-0.3, -0.25) is 0 Å². The standard InChI is InChI=1S/C21H21NS/c22-15-16-23-20-14-8-7-13-19(20)21(17-9-3-1-4-10-17)18-11-5-2-6-12-18/h1-14,21H,15-16,22H2. The lowest BCUT2D eigenvalue weighted by Crippen LogP contribution is -2.06. The van der Waals surface area contributed by atoms with E-state index in [0.29, 0.717) is 6.54 Å². The van der Waals surface area contributed by atoms with Crippen molar-refractivity contribution in [2.45, 2.75) is 10.8 Å². The lowest BCUT2D eigenvalue weighted by Gasteiger charge is -2.21. The van der Waals surface area contributed by atoms with Crippen molar-refractivity contribution in [1.82, 2.24) is 0 Å². The van der Waals surface area contributed by atoms with Crippen molar-refractivity contribution in [1.29, 1.82) is 0 Å². The molecule has 0 saturated carbocycles. The Morgan fingerprint density at radius 1 is 0.696 bits per heavy atom. The zero-order valence-corrected chi connectivity index (χ0v) is 13.9. The van der Waals surface area contributed by atoms with Crippen molar-refractivity contribution in [3.63, 3.8) is 0 Å². The van der Waals surface area contributed by atoms with Gasteiger partial charge < -0.3 is 5.73 Å². The Morgan fingerprint density at radius 3 is 1.78 bits per heavy atom. The molecule has 0 atom stereocenters. The zero-order valence-electron chi connectivity index (χ0n) is 13.1. The summed E-state index contributed by atoms with van der Waals surface area (Å²) in [7, 11) is 0. The summed E-state index contributed by atoms with van der Waals surface area (Å²) in [5.74, 6) is 1.19. The minimum Gasteiger partial charge on any atom is -0.330 e. The predicted octanol–water partition coefficient (Wildman–Crippen LogP) is 4.92. The van der Waals surface area contributed by atoms with Crippen LogP contribution in [0.25, 0.3) is 0 Å². The Labute approximate surface area is 142 Å². The zero-order chi connectivity index (χ0) is 15.9. The highest BCUT2D eigenvalue weighted by molar-refractivity contribution is 7.99. The Hall–Kier alpha value is -2.03. The molecule has 1 nitrogen and oxygen atoms in total. The molecule has 2 N–H and O–H groups in total. The molecule has 0 unspecified atom stereocenters. The van der Waals surface area contributed by atoms with Gasteiger partial charge in [-0.2, -0.15) is 0 Å². The monoisotopic (exact) mass is 319 g/mol. The maximum absolute atomic E-state index is 5.70. The molecule has 0 aliphatic rings. The topological polar surface area (TPSA) is 26.0 Å². The highest BCUT2D eigenvalue weighted by Crippen LogP contribution is 2.37. The molecule has 0 saturated heterocycles. The van der Waals surface area contributed by atoms with E-state index in [2.05, 4.69) is 84.9 Å². The maximum Gasteiger partial charge on any atom is 0.0351 e. The first-order valence-corrected chi connectivity index (χ1v) is 8.90. The first-order valence-electron chi connectivity index (χ1n) is 7.92. The highest BCUT2D eigenvalue weighted by atomic mass is 32.2. The molecule has 116 valence electrons. The van der Waals surface area contributed by atoms with E-state index in [1.54, 1.807) is 0 Å². The predicted molar refractivity (Wildman–Crippen MR) is 100 cm³/mol. The highest BCUT2D eigenvalue weighted by Gasteiger charge is 2.19. The Morgan fingerprint density at radius 2 is 1.22 bits per heavy atom. The van der Waals surface area contributed by atoms with E-state index >= 15 is 0 Å². The molecule has 0 amide bonds. The van der Waals surface area contributed by atoms with Crippen LogP contribution in [0, 0.1) is 0 Å². The molecule has 3 rings (SSSR count). The Kier molecular flexibility index (Phi) is 5.51. The van der Waals surface area contributed by atoms with E-state index in [9.17, 15) is 0 Å². The fourth-order valence-electron chi connectivity index (χ4n) is 2.86. The minimum absolute atomic E-state index is 0.249. The number of thioether (sulfide) groups is 1. The van der Waals surface area contributed by atoms with Gasteiger partial charge >= 0.3 is 0 Å². The number of benzene rings is 3. The van der Waals surface area contributed by atoms with Crippen LogP contribution in [0.4, 0.5) is 0 Å². The summed E-state index contributed by atoms with van der Waals surface area (Å²) in [5, 5.41) is 0. The molecule has 0 aliphatic carbocycles. The average Bonchev–Trinajstić information content (AvgIpc) is 2.63. The van der Waals surface area contributed by atoms with Gasteiger partial charge in [0.2, 0.25) is 0 Å². The molecule has 0 bridgehead atoms. The lowest BCUT2D eigenvalue weighted by atomic mass is 9.85. The Balaban J connectivity index is 2.10. The number of rotatable bonds is 6. The molecule has 0 fully saturated rings. The van der Waals surface area contributed by atoms with Gasteiger partial charge in [0.1, 0.15) is 0 Å². The summed E-state index contributed by atoms with van der Waals surface area (Å²) in [6, 6.07) is 30.1. The molecular weight excluding hydrogens is 298 g/mol. The van der Waals surface area contributed by atoms with Crippen LogP contribution < -0.4 is 5.73 Å². The van der Waals surface area contributed by atoms with Crippen molar-refractivity contribution >= 4 is 11.8 Å². The molecule has 23 heavy (non-hydrogen) atoms. The van der Waals surface area contributed by atoms with E-state index in [0.717, 1.165) is 5.75 Å². The number of hydrogen-bond donors (Lipinski definition) is 1. The second kappa shape index (κ2) is 8.00. The summed E-state index contributed by atoms with van der Waals surface area (Å²) in [4.78, 5) is 1.32. The molecule has 0 aliphatic heterocycles. The van der Waals surface area contributed by atoms with Crippen LogP contribution >= 0.6 is 11.8 Å². The largest absolute Gasteiger partial charge is 0.330 e. The fraction of sp³-hybridized carbons (Fsp3) is 0.143. The maximum atomic E-state index is 5.70. The van der Waals surface area contributed by atoms with Crippen molar-refractivity contribution in [3.8, 4) is 0 Å². The van der Waals surface area contributed by atoms with Crippen LogP contribution in [0.2, 0.25) is 0 Å². The summed E-state index contributed by atoms with van der Waals surface area (Å²) >= 11 is 1.84. The van der Waals surface area contributed by atoms with Crippen LogP contribution in [0.1, 0.15) is 22.6 Å². The third kappa shape index (κ3) is 3.84. The van der Waals surface area contributed by atoms with Crippen LogP contribution in [0.5, 0.6) is 0 Å². The van der Waals surface area contributed by atoms with Crippen LogP contribution in [0.15, 0.2) is 89.8 Å². The minimum atomic E-state index is 0.249. The van der Waals surface area contributed by atoms with Gasteiger partial charge in [-0.1, -0.05) is 78.9 Å². The summed E-state index contributed by atoms with van der Waals surface area (Å²) in [6.45, 7) is 0.695. The van der Waals surface area contributed by atoms with E-state index in [1.807, 2.05) is 11.8 Å². The first-order chi connectivity index (χ1) is 11.4. The van der Waals surface area contributed by atoms with Gasteiger partial charge in [0.15, 0.2) is 0 Å². The molecule has 3 aromatic carbocycles. The van der Waals surface area contributed by atoms with Gasteiger partial charge in [0.05, 0.1) is 0 Å². The van der Waals surface area contributed by atoms with Gasteiger partial charge in [-0.15, -0.1) is 11.8 Å². The van der Waals surface area contributed by atoms with Crippen LogP contribution in [-0.4, -0.2) is 12.3 Å². The van der Waals surface area contributed by atoms with Crippen molar-refractivity contribution < 1.29 is 0 Å². The van der Waals surface area contributed by atoms with Crippen LogP contribution in [-0.2, 0) is 0 Å². The van der Waals surface area contributed by atoms with Gasteiger partial charge in [0.25, 0.3) is 0 Å². The van der Waals surface area contributed by atoms with E-state index in [-0.39, 0.29) is 5.92 Å². The smallest absolute Gasteiger partial charge is 0.0351 e. The van der Waals surface area contributed by atoms with Crippen molar-refractivity contribution in [2.24, 2.45) is 5.73 Å². The lowest BCUT2D eigenvalue weighted by molar-refractivity contribution is 0.944. The number of nitrogens with two attached hydrogens (primary N) is 1. The second-order valence-corrected chi connectivity index (χ2v) is 6.57. The molecule has 0 radical (unpaired) electrons. The third-order valence-corrected chi connectivity index (χ3v) is 4.99. The normalized spacial score (nSPS) is 10.9. The molecule has 0 spiro atoms. The first kappa shape index (κ1) is 15.9. The summed E-state index contributed by atoms with van der Waals surface area (Å²) < 4.78 is 0. The van der Waals surface area contributed by atoms with E-state index < -0.39 is 0 Å². The van der Waals surface area contributed by atoms with E-state index in [4.69, 9.17) is 5.73 Å². The van der Waals surface area contributed by atoms with Crippen molar-refractivity contribution in [2.75, 3.05) is 12.3 Å². The quantitative estimate of drug-likeness (QED) is 0.515. The molecule has 2 heteroatoms. The van der Waals surface area contributed by atoms with Gasteiger partial charge in [0, 0.05) is 23.1 Å². The van der Waals surface area contributed by atoms with E-state index in [1.165, 1.54) is 21.6 Å². The summed E-state index contributed by atoms with van der Waals surface area (Å²) in [6.07, 6.45) is 0. The second-order valence-electron chi connectivity index (χ2n) is 5.43. The average molecular weight is 319 g/mol.